The molecule has 1 aliphatic carbocycles. The topological polar surface area (TPSA) is 78.4 Å². The van der Waals surface area contributed by atoms with Gasteiger partial charge in [-0.2, -0.15) is 0 Å². The minimum Gasteiger partial charge on any atom is -0.349 e. The van der Waals surface area contributed by atoms with Crippen molar-refractivity contribution in [3.8, 4) is 0 Å². The fraction of sp³-hybridized carbons (Fsp3) is 0.517. The van der Waals surface area contributed by atoms with Crippen LogP contribution in [0, 0.1) is 5.92 Å². The molecule has 2 aromatic heterocycles. The predicted molar refractivity (Wildman–Crippen MR) is 146 cm³/mol. The van der Waals surface area contributed by atoms with E-state index in [-0.39, 0.29) is 17.9 Å². The molecule has 1 N–H and O–H groups in total. The Hall–Kier alpha value is -2.84. The summed E-state index contributed by atoms with van der Waals surface area (Å²) in [4.78, 5) is 40.6. The van der Waals surface area contributed by atoms with Gasteiger partial charge in [0.15, 0.2) is 5.01 Å². The normalized spacial score (nSPS) is 22.2. The number of carbonyl (C=O) groups is 2. The molecular weight excluding hydrogens is 482 g/mol. The number of hydrogen-bond acceptors (Lipinski definition) is 6. The first-order valence-electron chi connectivity index (χ1n) is 13.8. The number of nitrogens with one attached hydrogen (secondary N) is 1. The fourth-order valence-electron chi connectivity index (χ4n) is 6.12. The highest BCUT2D eigenvalue weighted by Crippen LogP contribution is 2.30. The van der Waals surface area contributed by atoms with E-state index < -0.39 is 0 Å². The summed E-state index contributed by atoms with van der Waals surface area (Å²) < 4.78 is 0. The van der Waals surface area contributed by atoms with E-state index in [9.17, 15) is 9.59 Å². The van der Waals surface area contributed by atoms with Crippen molar-refractivity contribution in [1.82, 2.24) is 25.1 Å². The van der Waals surface area contributed by atoms with E-state index in [0.29, 0.717) is 16.5 Å². The van der Waals surface area contributed by atoms with Gasteiger partial charge in [0.1, 0.15) is 0 Å². The molecule has 1 saturated heterocycles. The summed E-state index contributed by atoms with van der Waals surface area (Å²) in [6.45, 7) is 4.75. The number of carbonyl (C=O) groups excluding carboxylic acids is 2. The molecule has 194 valence electrons. The van der Waals surface area contributed by atoms with Gasteiger partial charge in [0.05, 0.1) is 11.2 Å². The number of rotatable bonds is 6. The fourth-order valence-corrected chi connectivity index (χ4v) is 7.14. The van der Waals surface area contributed by atoms with Crippen LogP contribution in [0.15, 0.2) is 36.5 Å². The molecule has 2 fully saturated rings. The molecule has 2 amide bonds. The third kappa shape index (κ3) is 5.41. The maximum Gasteiger partial charge on any atom is 0.282 e. The summed E-state index contributed by atoms with van der Waals surface area (Å²) in [6, 6.07) is 9.84. The first-order valence-corrected chi connectivity index (χ1v) is 14.6. The smallest absolute Gasteiger partial charge is 0.282 e. The highest BCUT2D eigenvalue weighted by Gasteiger charge is 2.28. The lowest BCUT2D eigenvalue weighted by Crippen LogP contribution is -2.38. The summed E-state index contributed by atoms with van der Waals surface area (Å²) in [5.74, 6) is 0.848. The van der Waals surface area contributed by atoms with Gasteiger partial charge in [-0.25, -0.2) is 4.98 Å². The van der Waals surface area contributed by atoms with Crippen LogP contribution in [-0.4, -0.2) is 63.8 Å². The van der Waals surface area contributed by atoms with E-state index in [2.05, 4.69) is 15.2 Å². The molecule has 0 unspecified atom stereocenters. The van der Waals surface area contributed by atoms with Gasteiger partial charge in [-0.05, 0) is 82.0 Å². The van der Waals surface area contributed by atoms with E-state index in [1.165, 1.54) is 11.3 Å². The number of fused-ring (bicyclic) bond motifs is 2. The summed E-state index contributed by atoms with van der Waals surface area (Å²) in [7, 11) is 0. The quantitative estimate of drug-likeness (QED) is 0.514. The number of pyridine rings is 1. The first-order chi connectivity index (χ1) is 18.1. The van der Waals surface area contributed by atoms with Crippen molar-refractivity contribution in [3.63, 3.8) is 0 Å². The lowest BCUT2D eigenvalue weighted by atomic mass is 9.84. The van der Waals surface area contributed by atoms with Gasteiger partial charge in [-0.1, -0.05) is 12.1 Å². The minimum atomic E-state index is 0.0111. The average Bonchev–Trinajstić information content (AvgIpc) is 3.62. The Bertz CT molecular complexity index is 1270. The maximum absolute atomic E-state index is 13.0. The van der Waals surface area contributed by atoms with Crippen molar-refractivity contribution in [2.45, 2.75) is 64.0 Å². The van der Waals surface area contributed by atoms with Gasteiger partial charge in [0.25, 0.3) is 11.8 Å². The molecule has 2 aliphatic heterocycles. The van der Waals surface area contributed by atoms with Gasteiger partial charge < -0.3 is 10.2 Å². The van der Waals surface area contributed by atoms with E-state index >= 15 is 0 Å². The number of likely N-dealkylation sites (tertiary alicyclic amines) is 1. The lowest BCUT2D eigenvalue weighted by Gasteiger charge is -2.32. The number of aromatic nitrogens is 2. The van der Waals surface area contributed by atoms with Gasteiger partial charge in [0.2, 0.25) is 0 Å². The second kappa shape index (κ2) is 10.9. The van der Waals surface area contributed by atoms with Crippen molar-refractivity contribution < 1.29 is 9.59 Å². The number of benzene rings is 1. The van der Waals surface area contributed by atoms with Crippen LogP contribution in [0.1, 0.15) is 75.7 Å². The van der Waals surface area contributed by atoms with Crippen LogP contribution >= 0.6 is 11.3 Å². The van der Waals surface area contributed by atoms with Crippen LogP contribution in [0.3, 0.4) is 0 Å². The summed E-state index contributed by atoms with van der Waals surface area (Å²) in [5, 5.41) is 4.88. The Labute approximate surface area is 222 Å². The molecule has 37 heavy (non-hydrogen) atoms. The summed E-state index contributed by atoms with van der Waals surface area (Å²) >= 11 is 1.62. The van der Waals surface area contributed by atoms with Crippen LogP contribution in [0.25, 0.3) is 10.9 Å². The highest BCUT2D eigenvalue weighted by atomic mass is 32.1. The molecule has 0 radical (unpaired) electrons. The summed E-state index contributed by atoms with van der Waals surface area (Å²) in [6.07, 6.45) is 10.6. The molecule has 3 aliphatic rings. The molecule has 7 nitrogen and oxygen atoms in total. The standard InChI is InChI=1S/C29H35N5O2S/c35-27(23-5-3-7-24-22(23)6-4-14-30-24)31-21-10-8-20(9-11-21)12-17-33-18-13-26-25(19-33)32-28(37-26)29(36)34-15-1-2-16-34/h3-7,14,20-21H,1-2,8-13,15-19H2,(H,31,35). The number of nitrogens with zero attached hydrogens (tertiary/aromatic N) is 4. The van der Waals surface area contributed by atoms with Crippen molar-refractivity contribution >= 4 is 34.1 Å². The second-order valence-corrected chi connectivity index (χ2v) is 11.9. The van der Waals surface area contributed by atoms with E-state index in [1.807, 2.05) is 35.2 Å². The van der Waals surface area contributed by atoms with Gasteiger partial charge in [-0.3, -0.25) is 19.5 Å². The summed E-state index contributed by atoms with van der Waals surface area (Å²) in [5.41, 5.74) is 2.69. The third-order valence-corrected chi connectivity index (χ3v) is 9.45. The molecule has 1 aromatic carbocycles. The SMILES string of the molecule is O=C(NC1CCC(CCN2CCc3sc(C(=O)N4CCCC4)nc3C2)CC1)c1cccc2ncccc12. The zero-order chi connectivity index (χ0) is 25.2. The molecule has 4 heterocycles. The van der Waals surface area contributed by atoms with E-state index in [4.69, 9.17) is 4.98 Å². The van der Waals surface area contributed by atoms with E-state index in [1.54, 1.807) is 17.5 Å². The molecule has 1 saturated carbocycles. The second-order valence-electron chi connectivity index (χ2n) is 10.8. The van der Waals surface area contributed by atoms with Crippen LogP contribution < -0.4 is 5.32 Å². The predicted octanol–water partition coefficient (Wildman–Crippen LogP) is 4.66. The molecular formula is C29H35N5O2S. The Morgan fingerprint density at radius 2 is 1.86 bits per heavy atom. The van der Waals surface area contributed by atoms with E-state index in [0.717, 1.165) is 94.3 Å². The zero-order valence-corrected chi connectivity index (χ0v) is 22.1. The minimum absolute atomic E-state index is 0.0111. The Morgan fingerprint density at radius 3 is 2.70 bits per heavy atom. The average molecular weight is 518 g/mol. The molecule has 0 atom stereocenters. The van der Waals surface area contributed by atoms with Gasteiger partial charge in [-0.15, -0.1) is 11.3 Å². The Kier molecular flexibility index (Phi) is 7.20. The van der Waals surface area contributed by atoms with Crippen molar-refractivity contribution in [3.05, 3.63) is 57.7 Å². The molecule has 6 rings (SSSR count). The monoisotopic (exact) mass is 517 g/mol. The Balaban J connectivity index is 0.965. The van der Waals surface area contributed by atoms with Crippen molar-refractivity contribution in [2.24, 2.45) is 5.92 Å². The lowest BCUT2D eigenvalue weighted by molar-refractivity contribution is 0.0791. The van der Waals surface area contributed by atoms with Crippen molar-refractivity contribution in [1.29, 1.82) is 0 Å². The Morgan fingerprint density at radius 1 is 1.03 bits per heavy atom. The van der Waals surface area contributed by atoms with Crippen LogP contribution in [-0.2, 0) is 13.0 Å². The van der Waals surface area contributed by atoms with Gasteiger partial charge >= 0.3 is 0 Å². The third-order valence-electron chi connectivity index (χ3n) is 8.31. The number of thiazole rings is 1. The van der Waals surface area contributed by atoms with Crippen molar-refractivity contribution in [2.75, 3.05) is 26.2 Å². The largest absolute Gasteiger partial charge is 0.349 e. The first kappa shape index (κ1) is 24.5. The zero-order valence-electron chi connectivity index (χ0n) is 21.3. The van der Waals surface area contributed by atoms with Crippen LogP contribution in [0.5, 0.6) is 0 Å². The van der Waals surface area contributed by atoms with Crippen LogP contribution in [0.2, 0.25) is 0 Å². The van der Waals surface area contributed by atoms with Gasteiger partial charge in [0, 0.05) is 54.2 Å². The highest BCUT2D eigenvalue weighted by molar-refractivity contribution is 7.13. The number of hydrogen-bond donors (Lipinski definition) is 1. The number of amides is 2. The molecule has 0 spiro atoms. The molecule has 0 bridgehead atoms. The molecule has 8 heteroatoms. The van der Waals surface area contributed by atoms with Crippen LogP contribution in [0.4, 0.5) is 0 Å². The maximum atomic E-state index is 13.0. The molecule has 3 aromatic rings.